The third-order valence-corrected chi connectivity index (χ3v) is 6.65. The smallest absolute Gasteiger partial charge is 0.252 e. The second-order valence-corrected chi connectivity index (χ2v) is 9.39. The van der Waals surface area contributed by atoms with Gasteiger partial charge >= 0.3 is 0 Å². The molecule has 4 aromatic carbocycles. The fourth-order valence-corrected chi connectivity index (χ4v) is 4.47. The van der Waals surface area contributed by atoms with Crippen LogP contribution in [-0.4, -0.2) is 43.7 Å². The highest BCUT2D eigenvalue weighted by molar-refractivity contribution is 6.08. The zero-order valence-corrected chi connectivity index (χ0v) is 22.1. The predicted molar refractivity (Wildman–Crippen MR) is 151 cm³/mol. The number of carbonyl (C=O) groups excluding carboxylic acids is 3. The molecule has 3 amide bonds. The van der Waals surface area contributed by atoms with E-state index in [9.17, 15) is 14.4 Å². The van der Waals surface area contributed by atoms with E-state index in [1.165, 1.54) is 0 Å². The molecule has 0 spiro atoms. The summed E-state index contributed by atoms with van der Waals surface area (Å²) in [7, 11) is 1.58. The van der Waals surface area contributed by atoms with Gasteiger partial charge in [-0.1, -0.05) is 48.5 Å². The molecule has 1 heterocycles. The Morgan fingerprint density at radius 2 is 1.60 bits per heavy atom. The number of rotatable bonds is 9. The molecule has 0 fully saturated rings. The molecular formula is C31H29N3O6. The van der Waals surface area contributed by atoms with E-state index in [-0.39, 0.29) is 19.1 Å². The first-order chi connectivity index (χ1) is 19.4. The molecule has 0 saturated heterocycles. The Labute approximate surface area is 231 Å². The van der Waals surface area contributed by atoms with Crippen LogP contribution in [0.1, 0.15) is 22.8 Å². The Morgan fingerprint density at radius 1 is 0.850 bits per heavy atom. The van der Waals surface area contributed by atoms with Crippen molar-refractivity contribution in [2.24, 2.45) is 0 Å². The first-order valence-electron chi connectivity index (χ1n) is 12.8. The van der Waals surface area contributed by atoms with Crippen LogP contribution in [0.4, 0.5) is 5.69 Å². The molecule has 0 radical (unpaired) electrons. The lowest BCUT2D eigenvalue weighted by Gasteiger charge is -2.22. The van der Waals surface area contributed by atoms with Gasteiger partial charge in [-0.15, -0.1) is 0 Å². The lowest BCUT2D eigenvalue weighted by molar-refractivity contribution is -0.127. The minimum atomic E-state index is -0.944. The van der Waals surface area contributed by atoms with Crippen molar-refractivity contribution in [2.75, 3.05) is 19.2 Å². The standard InChI is InChI=1S/C31H29N3O6/c1-19(29(35)33-22-12-15-27-28(17-22)40-18-39-27)32-31(37)26(16-20-10-13-23(38-2)14-11-20)34-30(36)25-9-5-7-21-6-3-4-8-24(21)25/h3-15,17,19,26H,16,18H2,1-2H3,(H,32,37)(H,33,35)(H,34,36)/t19-,26-/m0/s1. The molecule has 2 atom stereocenters. The van der Waals surface area contributed by atoms with Gasteiger partial charge in [-0.2, -0.15) is 0 Å². The summed E-state index contributed by atoms with van der Waals surface area (Å²) in [5, 5.41) is 10.1. The van der Waals surface area contributed by atoms with Gasteiger partial charge in [0.05, 0.1) is 7.11 Å². The second-order valence-electron chi connectivity index (χ2n) is 9.39. The average Bonchev–Trinajstić information content (AvgIpc) is 3.44. The molecule has 1 aliphatic heterocycles. The van der Waals surface area contributed by atoms with Crippen LogP contribution in [-0.2, 0) is 16.0 Å². The van der Waals surface area contributed by atoms with E-state index in [1.54, 1.807) is 56.5 Å². The van der Waals surface area contributed by atoms with Gasteiger partial charge in [0.1, 0.15) is 17.8 Å². The van der Waals surface area contributed by atoms with E-state index in [1.807, 2.05) is 42.5 Å². The number of benzene rings is 4. The van der Waals surface area contributed by atoms with Crippen LogP contribution in [0.5, 0.6) is 17.2 Å². The van der Waals surface area contributed by atoms with Gasteiger partial charge in [0.2, 0.25) is 18.6 Å². The van der Waals surface area contributed by atoms with Crippen molar-refractivity contribution in [1.82, 2.24) is 10.6 Å². The maximum absolute atomic E-state index is 13.5. The Balaban J connectivity index is 1.31. The third-order valence-electron chi connectivity index (χ3n) is 6.65. The first kappa shape index (κ1) is 26.6. The zero-order valence-electron chi connectivity index (χ0n) is 22.1. The molecular weight excluding hydrogens is 510 g/mol. The molecule has 0 aliphatic carbocycles. The van der Waals surface area contributed by atoms with Gasteiger partial charge in [-0.05, 0) is 53.6 Å². The number of fused-ring (bicyclic) bond motifs is 2. The summed E-state index contributed by atoms with van der Waals surface area (Å²) in [5.41, 5.74) is 1.78. The van der Waals surface area contributed by atoms with Crippen molar-refractivity contribution >= 4 is 34.2 Å². The number of methoxy groups -OCH3 is 1. The average molecular weight is 540 g/mol. The quantitative estimate of drug-likeness (QED) is 0.296. The summed E-state index contributed by atoms with van der Waals surface area (Å²) < 4.78 is 15.9. The van der Waals surface area contributed by atoms with Gasteiger partial charge in [0.25, 0.3) is 5.91 Å². The van der Waals surface area contributed by atoms with Crippen molar-refractivity contribution in [2.45, 2.75) is 25.4 Å². The summed E-state index contributed by atoms with van der Waals surface area (Å²) in [6.45, 7) is 1.70. The summed E-state index contributed by atoms with van der Waals surface area (Å²) in [5.74, 6) is 0.516. The van der Waals surface area contributed by atoms with E-state index in [4.69, 9.17) is 14.2 Å². The summed E-state index contributed by atoms with van der Waals surface area (Å²) in [4.78, 5) is 39.8. The molecule has 0 unspecified atom stereocenters. The van der Waals surface area contributed by atoms with Crippen molar-refractivity contribution in [1.29, 1.82) is 0 Å². The SMILES string of the molecule is COc1ccc(C[C@H](NC(=O)c2cccc3ccccc23)C(=O)N[C@@H](C)C(=O)Nc2ccc3c(c2)OCO3)cc1. The lowest BCUT2D eigenvalue weighted by atomic mass is 10.0. The topological polar surface area (TPSA) is 115 Å². The van der Waals surface area contributed by atoms with E-state index in [2.05, 4.69) is 16.0 Å². The van der Waals surface area contributed by atoms with Gasteiger partial charge in [-0.25, -0.2) is 0 Å². The number of nitrogens with one attached hydrogen (secondary N) is 3. The fourth-order valence-electron chi connectivity index (χ4n) is 4.47. The summed E-state index contributed by atoms with van der Waals surface area (Å²) in [6.07, 6.45) is 0.211. The molecule has 0 bridgehead atoms. The molecule has 40 heavy (non-hydrogen) atoms. The highest BCUT2D eigenvalue weighted by atomic mass is 16.7. The Kier molecular flexibility index (Phi) is 7.82. The molecule has 9 nitrogen and oxygen atoms in total. The largest absolute Gasteiger partial charge is 0.497 e. The molecule has 4 aromatic rings. The molecule has 3 N–H and O–H groups in total. The van der Waals surface area contributed by atoms with Crippen molar-refractivity contribution < 1.29 is 28.6 Å². The minimum Gasteiger partial charge on any atom is -0.497 e. The van der Waals surface area contributed by atoms with Crippen molar-refractivity contribution in [3.8, 4) is 17.2 Å². The number of hydrogen-bond donors (Lipinski definition) is 3. The minimum absolute atomic E-state index is 0.124. The van der Waals surface area contributed by atoms with Crippen LogP contribution in [0.25, 0.3) is 10.8 Å². The summed E-state index contributed by atoms with van der Waals surface area (Å²) in [6, 6.07) is 23.5. The monoisotopic (exact) mass is 539 g/mol. The van der Waals surface area contributed by atoms with Gasteiger partial charge in [-0.3, -0.25) is 14.4 Å². The van der Waals surface area contributed by atoms with E-state index in [0.29, 0.717) is 28.5 Å². The molecule has 0 aromatic heterocycles. The van der Waals surface area contributed by atoms with E-state index in [0.717, 1.165) is 16.3 Å². The van der Waals surface area contributed by atoms with Crippen molar-refractivity contribution in [3.63, 3.8) is 0 Å². The zero-order chi connectivity index (χ0) is 28.1. The van der Waals surface area contributed by atoms with Crippen LogP contribution in [0, 0.1) is 0 Å². The second kappa shape index (κ2) is 11.8. The number of hydrogen-bond acceptors (Lipinski definition) is 6. The third kappa shape index (κ3) is 5.99. The van der Waals surface area contributed by atoms with Crippen LogP contribution < -0.4 is 30.2 Å². The van der Waals surface area contributed by atoms with Crippen LogP contribution in [0.2, 0.25) is 0 Å². The van der Waals surface area contributed by atoms with E-state index < -0.39 is 23.9 Å². The molecule has 1 aliphatic rings. The number of amides is 3. The normalized spacial score (nSPS) is 13.2. The van der Waals surface area contributed by atoms with Gasteiger partial charge < -0.3 is 30.2 Å². The summed E-state index contributed by atoms with van der Waals surface area (Å²) >= 11 is 0. The lowest BCUT2D eigenvalue weighted by Crippen LogP contribution is -2.52. The molecule has 0 saturated carbocycles. The van der Waals surface area contributed by atoms with Crippen molar-refractivity contribution in [3.05, 3.63) is 96.1 Å². The highest BCUT2D eigenvalue weighted by Crippen LogP contribution is 2.34. The number of ether oxygens (including phenoxy) is 3. The van der Waals surface area contributed by atoms with Gasteiger partial charge in [0.15, 0.2) is 11.5 Å². The Morgan fingerprint density at radius 3 is 2.40 bits per heavy atom. The number of carbonyl (C=O) groups is 3. The Bertz CT molecular complexity index is 1550. The fraction of sp³-hybridized carbons (Fsp3) is 0.194. The molecule has 9 heteroatoms. The van der Waals surface area contributed by atoms with Crippen LogP contribution in [0.15, 0.2) is 84.9 Å². The first-order valence-corrected chi connectivity index (χ1v) is 12.8. The van der Waals surface area contributed by atoms with Crippen LogP contribution in [0.3, 0.4) is 0 Å². The van der Waals surface area contributed by atoms with Crippen LogP contribution >= 0.6 is 0 Å². The predicted octanol–water partition coefficient (Wildman–Crippen LogP) is 4.06. The maximum Gasteiger partial charge on any atom is 0.252 e. The van der Waals surface area contributed by atoms with Gasteiger partial charge in [0, 0.05) is 23.7 Å². The Hall–Kier alpha value is -5.05. The highest BCUT2D eigenvalue weighted by Gasteiger charge is 2.26. The van der Waals surface area contributed by atoms with E-state index >= 15 is 0 Å². The molecule has 204 valence electrons. The molecule has 5 rings (SSSR count). The number of anilines is 1. The maximum atomic E-state index is 13.5.